The van der Waals surface area contributed by atoms with Crippen molar-refractivity contribution in [3.8, 4) is 0 Å². The van der Waals surface area contributed by atoms with Gasteiger partial charge in [0.2, 0.25) is 5.91 Å². The van der Waals surface area contributed by atoms with Crippen molar-refractivity contribution in [2.45, 2.75) is 24.3 Å². The topological polar surface area (TPSA) is 96.0 Å². The molecule has 4 rings (SSSR count). The Kier molecular flexibility index (Phi) is 5.59. The fraction of sp³-hybridized carbons (Fsp3) is 0.333. The Labute approximate surface area is 175 Å². The summed E-state index contributed by atoms with van der Waals surface area (Å²) in [5.74, 6) is -0.569. The number of amides is 2. The highest BCUT2D eigenvalue weighted by Gasteiger charge is 2.43. The van der Waals surface area contributed by atoms with Crippen molar-refractivity contribution in [3.63, 3.8) is 0 Å². The summed E-state index contributed by atoms with van der Waals surface area (Å²) in [5, 5.41) is 0. The zero-order valence-electron chi connectivity index (χ0n) is 16.6. The Morgan fingerprint density at radius 2 is 1.60 bits per heavy atom. The first kappa shape index (κ1) is 20.5. The van der Waals surface area contributed by atoms with E-state index in [2.05, 4.69) is 4.72 Å². The van der Waals surface area contributed by atoms with Crippen LogP contribution in [0.15, 0.2) is 53.4 Å². The summed E-state index contributed by atoms with van der Waals surface area (Å²) in [6.45, 7) is 4.22. The summed E-state index contributed by atoms with van der Waals surface area (Å²) in [5.41, 5.74) is 1.86. The molecule has 1 N–H and O–H groups in total. The standard InChI is InChI=1S/C21H23N3O5S/c1-15-2-4-16(5-3-15)22-30(27,28)18-8-6-17(7-9-18)24-20(25)14-19(21(24)26)23-10-12-29-13-11-23/h2-9,19,22H,10-14H2,1H3. The van der Waals surface area contributed by atoms with Gasteiger partial charge in [-0.3, -0.25) is 19.2 Å². The summed E-state index contributed by atoms with van der Waals surface area (Å²) in [4.78, 5) is 28.5. The van der Waals surface area contributed by atoms with E-state index < -0.39 is 16.1 Å². The lowest BCUT2D eigenvalue weighted by atomic mass is 10.2. The van der Waals surface area contributed by atoms with Crippen molar-refractivity contribution in [2.75, 3.05) is 35.9 Å². The Balaban J connectivity index is 1.50. The van der Waals surface area contributed by atoms with Gasteiger partial charge in [0.25, 0.3) is 15.9 Å². The van der Waals surface area contributed by atoms with Gasteiger partial charge in [0.1, 0.15) is 0 Å². The normalized spacial score (nSPS) is 20.6. The molecule has 8 nitrogen and oxygen atoms in total. The van der Waals surface area contributed by atoms with Crippen molar-refractivity contribution in [1.29, 1.82) is 0 Å². The summed E-state index contributed by atoms with van der Waals surface area (Å²) in [6, 6.07) is 12.3. The fourth-order valence-corrected chi connectivity index (χ4v) is 4.73. The average Bonchev–Trinajstić information content (AvgIpc) is 3.04. The van der Waals surface area contributed by atoms with E-state index >= 15 is 0 Å². The molecule has 2 amide bonds. The number of nitrogens with one attached hydrogen (secondary N) is 1. The zero-order chi connectivity index (χ0) is 21.3. The quantitative estimate of drug-likeness (QED) is 0.728. The molecule has 2 aromatic rings. The molecule has 1 atom stereocenters. The molecule has 0 aliphatic carbocycles. The number of imide groups is 1. The molecule has 0 bridgehead atoms. The molecule has 2 aliphatic heterocycles. The Morgan fingerprint density at radius 1 is 0.967 bits per heavy atom. The van der Waals surface area contributed by atoms with Crippen LogP contribution in [0.4, 0.5) is 11.4 Å². The van der Waals surface area contributed by atoms with E-state index in [-0.39, 0.29) is 23.1 Å². The van der Waals surface area contributed by atoms with Gasteiger partial charge in [0.15, 0.2) is 0 Å². The number of morpholine rings is 1. The van der Waals surface area contributed by atoms with Crippen molar-refractivity contribution >= 4 is 33.2 Å². The maximum atomic E-state index is 12.9. The number of hydrogen-bond acceptors (Lipinski definition) is 6. The minimum Gasteiger partial charge on any atom is -0.379 e. The van der Waals surface area contributed by atoms with Gasteiger partial charge in [0, 0.05) is 18.8 Å². The summed E-state index contributed by atoms with van der Waals surface area (Å²) < 4.78 is 33.1. The van der Waals surface area contributed by atoms with E-state index in [0.717, 1.165) is 10.5 Å². The van der Waals surface area contributed by atoms with E-state index in [4.69, 9.17) is 4.74 Å². The van der Waals surface area contributed by atoms with Gasteiger partial charge in [-0.15, -0.1) is 0 Å². The molecule has 0 aromatic heterocycles. The van der Waals surface area contributed by atoms with Gasteiger partial charge < -0.3 is 4.74 Å². The third-order valence-electron chi connectivity index (χ3n) is 5.32. The van der Waals surface area contributed by atoms with E-state index in [9.17, 15) is 18.0 Å². The minimum absolute atomic E-state index is 0.0515. The molecule has 0 saturated carbocycles. The number of rotatable bonds is 5. The van der Waals surface area contributed by atoms with Gasteiger partial charge in [-0.1, -0.05) is 17.7 Å². The first-order valence-electron chi connectivity index (χ1n) is 9.73. The van der Waals surface area contributed by atoms with Crippen LogP contribution in [0.5, 0.6) is 0 Å². The van der Waals surface area contributed by atoms with E-state index in [1.165, 1.54) is 24.3 Å². The Bertz CT molecular complexity index is 1050. The van der Waals surface area contributed by atoms with Crippen LogP contribution in [0.3, 0.4) is 0 Å². The summed E-state index contributed by atoms with van der Waals surface area (Å²) in [7, 11) is -3.78. The van der Waals surface area contributed by atoms with Crippen LogP contribution in [0.1, 0.15) is 12.0 Å². The molecule has 2 saturated heterocycles. The molecule has 30 heavy (non-hydrogen) atoms. The maximum Gasteiger partial charge on any atom is 0.261 e. The van der Waals surface area contributed by atoms with E-state index in [1.54, 1.807) is 12.1 Å². The molecular weight excluding hydrogens is 406 g/mol. The average molecular weight is 429 g/mol. The van der Waals surface area contributed by atoms with Gasteiger partial charge in [-0.25, -0.2) is 13.3 Å². The maximum absolute atomic E-state index is 12.9. The lowest BCUT2D eigenvalue weighted by molar-refractivity contribution is -0.123. The SMILES string of the molecule is Cc1ccc(NS(=O)(=O)c2ccc(N3C(=O)CC(N4CCOCC4)C3=O)cc2)cc1. The molecule has 2 aromatic carbocycles. The highest BCUT2D eigenvalue weighted by atomic mass is 32.2. The second-order valence-corrected chi connectivity index (χ2v) is 9.08. The molecule has 0 spiro atoms. The second kappa shape index (κ2) is 8.17. The van der Waals surface area contributed by atoms with Crippen LogP contribution in [0.25, 0.3) is 0 Å². The first-order chi connectivity index (χ1) is 14.3. The number of hydrogen-bond donors (Lipinski definition) is 1. The Hall–Kier alpha value is -2.75. The van der Waals surface area contributed by atoms with Crippen molar-refractivity contribution in [3.05, 3.63) is 54.1 Å². The van der Waals surface area contributed by atoms with Crippen LogP contribution in [-0.4, -0.2) is 57.5 Å². The smallest absolute Gasteiger partial charge is 0.261 e. The fourth-order valence-electron chi connectivity index (χ4n) is 3.67. The summed E-state index contributed by atoms with van der Waals surface area (Å²) >= 11 is 0. The first-order valence-corrected chi connectivity index (χ1v) is 11.2. The third kappa shape index (κ3) is 4.09. The highest BCUT2D eigenvalue weighted by Crippen LogP contribution is 2.27. The van der Waals surface area contributed by atoms with Crippen LogP contribution in [0.2, 0.25) is 0 Å². The molecule has 2 fully saturated rings. The monoisotopic (exact) mass is 429 g/mol. The number of benzene rings is 2. The molecule has 1 unspecified atom stereocenters. The van der Waals surface area contributed by atoms with Crippen molar-refractivity contribution in [2.24, 2.45) is 0 Å². The van der Waals surface area contributed by atoms with Crippen LogP contribution in [0, 0.1) is 6.92 Å². The van der Waals surface area contributed by atoms with E-state index in [1.807, 2.05) is 24.0 Å². The number of ether oxygens (including phenoxy) is 1. The number of nitrogens with zero attached hydrogens (tertiary/aromatic N) is 2. The van der Waals surface area contributed by atoms with Crippen LogP contribution >= 0.6 is 0 Å². The molecular formula is C21H23N3O5S. The van der Waals surface area contributed by atoms with Crippen LogP contribution in [-0.2, 0) is 24.3 Å². The number of sulfonamides is 1. The Morgan fingerprint density at radius 3 is 2.23 bits per heavy atom. The van der Waals surface area contributed by atoms with Crippen molar-refractivity contribution < 1.29 is 22.7 Å². The zero-order valence-corrected chi connectivity index (χ0v) is 17.4. The number of carbonyl (C=O) groups is 2. The second-order valence-electron chi connectivity index (χ2n) is 7.40. The largest absolute Gasteiger partial charge is 0.379 e. The molecule has 9 heteroatoms. The predicted octanol–water partition coefficient (Wildman–Crippen LogP) is 1.76. The van der Waals surface area contributed by atoms with Gasteiger partial charge in [0.05, 0.1) is 36.3 Å². The summed E-state index contributed by atoms with van der Waals surface area (Å²) in [6.07, 6.45) is 0.119. The number of anilines is 2. The molecule has 2 heterocycles. The number of carbonyl (C=O) groups excluding carboxylic acids is 2. The molecule has 2 aliphatic rings. The molecule has 0 radical (unpaired) electrons. The number of aryl methyl sites for hydroxylation is 1. The van der Waals surface area contributed by atoms with E-state index in [0.29, 0.717) is 37.7 Å². The highest BCUT2D eigenvalue weighted by molar-refractivity contribution is 7.92. The van der Waals surface area contributed by atoms with Gasteiger partial charge in [-0.05, 0) is 43.3 Å². The van der Waals surface area contributed by atoms with Gasteiger partial charge >= 0.3 is 0 Å². The van der Waals surface area contributed by atoms with Crippen molar-refractivity contribution in [1.82, 2.24) is 4.90 Å². The lowest BCUT2D eigenvalue weighted by Gasteiger charge is -2.30. The predicted molar refractivity (Wildman–Crippen MR) is 112 cm³/mol. The minimum atomic E-state index is -3.78. The molecule has 158 valence electrons. The third-order valence-corrected chi connectivity index (χ3v) is 6.72. The lowest BCUT2D eigenvalue weighted by Crippen LogP contribution is -2.47. The van der Waals surface area contributed by atoms with Crippen LogP contribution < -0.4 is 9.62 Å². The van der Waals surface area contributed by atoms with Gasteiger partial charge in [-0.2, -0.15) is 0 Å².